The Balaban J connectivity index is 2.88. The number of hydrogen-bond acceptors (Lipinski definition) is 2. The summed E-state index contributed by atoms with van der Waals surface area (Å²) in [6, 6.07) is 5.56. The molecular formula is C8H4BrIOS. The highest BCUT2D eigenvalue weighted by Gasteiger charge is 2.04. The van der Waals surface area contributed by atoms with E-state index in [0.29, 0.717) is 5.75 Å². The highest BCUT2D eigenvalue weighted by molar-refractivity contribution is 14.1. The molecule has 62 valence electrons. The topological polar surface area (TPSA) is 20.2 Å². The molecule has 0 amide bonds. The van der Waals surface area contributed by atoms with Gasteiger partial charge in [0.25, 0.3) is 0 Å². The van der Waals surface area contributed by atoms with Gasteiger partial charge in [0.15, 0.2) is 0 Å². The molecule has 0 atom stereocenters. The Bertz CT molecular complexity index is 438. The van der Waals surface area contributed by atoms with E-state index in [-0.39, 0.29) is 0 Å². The molecule has 0 unspecified atom stereocenters. The maximum Gasteiger partial charge on any atom is 0.117 e. The molecule has 0 saturated heterocycles. The number of rotatable bonds is 0. The third kappa shape index (κ3) is 1.47. The van der Waals surface area contributed by atoms with Gasteiger partial charge in [0, 0.05) is 8.27 Å². The van der Waals surface area contributed by atoms with Crippen LogP contribution in [-0.4, -0.2) is 5.11 Å². The van der Waals surface area contributed by atoms with Gasteiger partial charge in [-0.25, -0.2) is 0 Å². The fraction of sp³-hybridized carbons (Fsp3) is 0. The molecule has 0 bridgehead atoms. The molecule has 2 rings (SSSR count). The van der Waals surface area contributed by atoms with Crippen molar-refractivity contribution in [1.29, 1.82) is 0 Å². The van der Waals surface area contributed by atoms with Crippen molar-refractivity contribution in [1.82, 2.24) is 0 Å². The molecule has 1 heterocycles. The zero-order valence-corrected chi connectivity index (χ0v) is 10.4. The van der Waals surface area contributed by atoms with E-state index >= 15 is 0 Å². The average Bonchev–Trinajstić information content (AvgIpc) is 2.29. The number of hydrogen-bond donors (Lipinski definition) is 1. The first-order chi connectivity index (χ1) is 5.66. The Hall–Kier alpha value is 0.190. The minimum atomic E-state index is 0.331. The Morgan fingerprint density at radius 3 is 2.83 bits per heavy atom. The van der Waals surface area contributed by atoms with Crippen molar-refractivity contribution >= 4 is 59.9 Å². The maximum atomic E-state index is 9.30. The summed E-state index contributed by atoms with van der Waals surface area (Å²) in [4.78, 5) is 0. The standard InChI is InChI=1S/C8H4BrIOS/c9-7-2-4-1-5(11)3-6(10)8(4)12-7/h1-3,11H. The highest BCUT2D eigenvalue weighted by Crippen LogP contribution is 2.35. The second kappa shape index (κ2) is 3.16. The summed E-state index contributed by atoms with van der Waals surface area (Å²) in [7, 11) is 0. The SMILES string of the molecule is Oc1cc(I)c2sc(Br)cc2c1. The maximum absolute atomic E-state index is 9.30. The molecule has 0 radical (unpaired) electrons. The Morgan fingerprint density at radius 1 is 1.33 bits per heavy atom. The monoisotopic (exact) mass is 354 g/mol. The van der Waals surface area contributed by atoms with Gasteiger partial charge in [-0.15, -0.1) is 11.3 Å². The minimum Gasteiger partial charge on any atom is -0.508 e. The van der Waals surface area contributed by atoms with Crippen LogP contribution < -0.4 is 0 Å². The van der Waals surface area contributed by atoms with Crippen LogP contribution >= 0.6 is 49.9 Å². The van der Waals surface area contributed by atoms with Crippen molar-refractivity contribution in [3.05, 3.63) is 25.6 Å². The van der Waals surface area contributed by atoms with Gasteiger partial charge in [0.2, 0.25) is 0 Å². The van der Waals surface area contributed by atoms with Crippen molar-refractivity contribution in [2.24, 2.45) is 0 Å². The van der Waals surface area contributed by atoms with Crippen LogP contribution in [0, 0.1) is 3.57 Å². The Labute approximate surface area is 95.7 Å². The normalized spacial score (nSPS) is 10.8. The molecular weight excluding hydrogens is 351 g/mol. The predicted octanol–water partition coefficient (Wildman–Crippen LogP) is 3.97. The molecule has 1 aromatic carbocycles. The quantitative estimate of drug-likeness (QED) is 0.709. The van der Waals surface area contributed by atoms with E-state index in [2.05, 4.69) is 38.5 Å². The second-order valence-electron chi connectivity index (χ2n) is 2.40. The smallest absolute Gasteiger partial charge is 0.117 e. The van der Waals surface area contributed by atoms with Gasteiger partial charge in [-0.2, -0.15) is 0 Å². The third-order valence-electron chi connectivity index (χ3n) is 1.53. The molecule has 0 aliphatic carbocycles. The molecule has 0 aliphatic heterocycles. The van der Waals surface area contributed by atoms with E-state index in [9.17, 15) is 5.11 Å². The van der Waals surface area contributed by atoms with Crippen LogP contribution in [0.2, 0.25) is 0 Å². The third-order valence-corrected chi connectivity index (χ3v) is 4.43. The minimum absolute atomic E-state index is 0.331. The Morgan fingerprint density at radius 2 is 2.08 bits per heavy atom. The van der Waals surface area contributed by atoms with E-state index in [1.54, 1.807) is 23.5 Å². The van der Waals surface area contributed by atoms with Crippen LogP contribution in [0.15, 0.2) is 22.0 Å². The summed E-state index contributed by atoms with van der Waals surface area (Å²) in [6.07, 6.45) is 0. The number of phenolic OH excluding ortho intramolecular Hbond substituents is 1. The van der Waals surface area contributed by atoms with Gasteiger partial charge in [-0.1, -0.05) is 0 Å². The molecule has 0 fully saturated rings. The molecule has 12 heavy (non-hydrogen) atoms. The molecule has 2 aromatic rings. The van der Waals surface area contributed by atoms with E-state index in [4.69, 9.17) is 0 Å². The largest absolute Gasteiger partial charge is 0.508 e. The molecule has 1 aromatic heterocycles. The van der Waals surface area contributed by atoms with Crippen LogP contribution in [0.3, 0.4) is 0 Å². The van der Waals surface area contributed by atoms with Crippen molar-refractivity contribution < 1.29 is 5.11 Å². The average molecular weight is 355 g/mol. The highest BCUT2D eigenvalue weighted by atomic mass is 127. The molecule has 0 aliphatic rings. The molecule has 0 spiro atoms. The molecule has 0 saturated carbocycles. The fourth-order valence-corrected chi connectivity index (χ4v) is 3.53. The van der Waals surface area contributed by atoms with Crippen LogP contribution in [0.5, 0.6) is 5.75 Å². The summed E-state index contributed by atoms with van der Waals surface area (Å²) in [6.45, 7) is 0. The molecule has 1 N–H and O–H groups in total. The van der Waals surface area contributed by atoms with E-state index < -0.39 is 0 Å². The number of fused-ring (bicyclic) bond motifs is 1. The van der Waals surface area contributed by atoms with Crippen LogP contribution in [0.1, 0.15) is 0 Å². The van der Waals surface area contributed by atoms with E-state index in [0.717, 1.165) is 12.7 Å². The summed E-state index contributed by atoms with van der Waals surface area (Å²) in [5.74, 6) is 0.331. The van der Waals surface area contributed by atoms with Crippen molar-refractivity contribution in [3.63, 3.8) is 0 Å². The number of aromatic hydroxyl groups is 1. The van der Waals surface area contributed by atoms with Crippen molar-refractivity contribution in [2.45, 2.75) is 0 Å². The van der Waals surface area contributed by atoms with Gasteiger partial charge in [-0.05, 0) is 62.1 Å². The van der Waals surface area contributed by atoms with Gasteiger partial charge >= 0.3 is 0 Å². The summed E-state index contributed by atoms with van der Waals surface area (Å²) >= 11 is 7.33. The number of benzene rings is 1. The van der Waals surface area contributed by atoms with E-state index in [1.165, 1.54) is 4.70 Å². The van der Waals surface area contributed by atoms with Gasteiger partial charge in [0.1, 0.15) is 5.75 Å². The lowest BCUT2D eigenvalue weighted by atomic mass is 10.2. The molecule has 4 heteroatoms. The van der Waals surface area contributed by atoms with Gasteiger partial charge in [-0.3, -0.25) is 0 Å². The number of halogens is 2. The van der Waals surface area contributed by atoms with Gasteiger partial charge in [0.05, 0.1) is 3.79 Å². The first-order valence-electron chi connectivity index (χ1n) is 3.24. The van der Waals surface area contributed by atoms with Crippen molar-refractivity contribution in [2.75, 3.05) is 0 Å². The first-order valence-corrected chi connectivity index (χ1v) is 5.93. The zero-order valence-electron chi connectivity index (χ0n) is 5.84. The Kier molecular flexibility index (Phi) is 2.31. The second-order valence-corrected chi connectivity index (χ2v) is 5.99. The fourth-order valence-electron chi connectivity index (χ4n) is 1.06. The van der Waals surface area contributed by atoms with Crippen LogP contribution in [0.4, 0.5) is 0 Å². The van der Waals surface area contributed by atoms with E-state index in [1.807, 2.05) is 6.07 Å². The lowest BCUT2D eigenvalue weighted by Gasteiger charge is -1.94. The predicted molar refractivity (Wildman–Crippen MR) is 63.9 cm³/mol. The van der Waals surface area contributed by atoms with Crippen LogP contribution in [-0.2, 0) is 0 Å². The summed E-state index contributed by atoms with van der Waals surface area (Å²) in [5, 5.41) is 10.4. The molecule has 1 nitrogen and oxygen atoms in total. The lowest BCUT2D eigenvalue weighted by molar-refractivity contribution is 0.476. The zero-order chi connectivity index (χ0) is 8.72. The first kappa shape index (κ1) is 8.77. The lowest BCUT2D eigenvalue weighted by Crippen LogP contribution is -1.70. The summed E-state index contributed by atoms with van der Waals surface area (Å²) < 4.78 is 3.42. The number of thiophene rings is 1. The summed E-state index contributed by atoms with van der Waals surface area (Å²) in [5.41, 5.74) is 0. The van der Waals surface area contributed by atoms with Crippen molar-refractivity contribution in [3.8, 4) is 5.75 Å². The van der Waals surface area contributed by atoms with Crippen LogP contribution in [0.25, 0.3) is 10.1 Å². The number of phenols is 1. The van der Waals surface area contributed by atoms with Gasteiger partial charge < -0.3 is 5.11 Å².